The summed E-state index contributed by atoms with van der Waals surface area (Å²) in [5.41, 5.74) is 2.13. The number of benzene rings is 1. The van der Waals surface area contributed by atoms with Gasteiger partial charge < -0.3 is 0 Å². The second-order valence-corrected chi connectivity index (χ2v) is 3.78. The van der Waals surface area contributed by atoms with E-state index in [1.165, 1.54) is 24.3 Å². The van der Waals surface area contributed by atoms with Crippen molar-refractivity contribution < 1.29 is 9.59 Å². The lowest BCUT2D eigenvalue weighted by molar-refractivity contribution is -0.110. The lowest BCUT2D eigenvalue weighted by Crippen LogP contribution is -2.03. The normalized spacial score (nSPS) is 13.9. The third-order valence-electron chi connectivity index (χ3n) is 2.37. The zero-order chi connectivity index (χ0) is 12.3. The number of carbonyl (C=O) groups excluding carboxylic acids is 2. The predicted molar refractivity (Wildman–Crippen MR) is 66.2 cm³/mol. The number of rotatable bonds is 1. The third kappa shape index (κ3) is 2.84. The number of ketones is 1. The minimum absolute atomic E-state index is 0.0910. The van der Waals surface area contributed by atoms with E-state index in [-0.39, 0.29) is 11.7 Å². The fraction of sp³-hybridized carbons (Fsp3) is 0.0714. The average molecular weight is 225 g/mol. The lowest BCUT2D eigenvalue weighted by atomic mass is 10.1. The highest BCUT2D eigenvalue weighted by atomic mass is 16.1. The molecule has 84 valence electrons. The standard InChI is InChI=1S/C14H11NO2/c1-10-2-4-11(5-3-10)14(17)15-12-6-8-13(16)9-7-12/h2-9H,1H3. The molecule has 0 aliphatic heterocycles. The van der Waals surface area contributed by atoms with Crippen LogP contribution < -0.4 is 0 Å². The van der Waals surface area contributed by atoms with Gasteiger partial charge in [-0.05, 0) is 43.4 Å². The molecular formula is C14H11NO2. The minimum Gasteiger partial charge on any atom is -0.290 e. The molecule has 1 aromatic carbocycles. The van der Waals surface area contributed by atoms with E-state index < -0.39 is 0 Å². The van der Waals surface area contributed by atoms with Crippen LogP contribution in [0.1, 0.15) is 15.9 Å². The maximum absolute atomic E-state index is 11.8. The van der Waals surface area contributed by atoms with E-state index in [9.17, 15) is 9.59 Å². The van der Waals surface area contributed by atoms with Crippen LogP contribution in [0.2, 0.25) is 0 Å². The molecule has 0 heterocycles. The van der Waals surface area contributed by atoms with Crippen LogP contribution in [0.5, 0.6) is 0 Å². The van der Waals surface area contributed by atoms with Gasteiger partial charge in [-0.25, -0.2) is 4.99 Å². The number of aliphatic imine (C=N–C) groups is 1. The summed E-state index contributed by atoms with van der Waals surface area (Å²) >= 11 is 0. The highest BCUT2D eigenvalue weighted by Gasteiger charge is 2.05. The quantitative estimate of drug-likeness (QED) is 0.688. The molecule has 0 fully saturated rings. The van der Waals surface area contributed by atoms with Gasteiger partial charge in [0, 0.05) is 5.56 Å². The van der Waals surface area contributed by atoms with Gasteiger partial charge in [-0.3, -0.25) is 9.59 Å². The summed E-state index contributed by atoms with van der Waals surface area (Å²) in [6, 6.07) is 7.21. The van der Waals surface area contributed by atoms with Gasteiger partial charge in [-0.1, -0.05) is 17.7 Å². The first-order valence-electron chi connectivity index (χ1n) is 5.25. The Kier molecular flexibility index (Phi) is 3.10. The molecular weight excluding hydrogens is 214 g/mol. The lowest BCUT2D eigenvalue weighted by Gasteiger charge is -1.99. The minimum atomic E-state index is -0.302. The van der Waals surface area contributed by atoms with E-state index >= 15 is 0 Å². The SMILES string of the molecule is Cc1ccc(C(=O)N=C2C=CC(=O)C=C2)cc1. The Labute approximate surface area is 99.2 Å². The van der Waals surface area contributed by atoms with E-state index in [0.29, 0.717) is 11.3 Å². The summed E-state index contributed by atoms with van der Waals surface area (Å²) in [4.78, 5) is 26.6. The van der Waals surface area contributed by atoms with Crippen LogP contribution in [-0.2, 0) is 4.79 Å². The van der Waals surface area contributed by atoms with Crippen LogP contribution in [-0.4, -0.2) is 17.4 Å². The summed E-state index contributed by atoms with van der Waals surface area (Å²) in [6.07, 6.45) is 5.85. The summed E-state index contributed by atoms with van der Waals surface area (Å²) in [6.45, 7) is 1.96. The molecule has 0 saturated carbocycles. The molecule has 0 aromatic heterocycles. The van der Waals surface area contributed by atoms with Crippen molar-refractivity contribution in [2.45, 2.75) is 6.92 Å². The first-order chi connectivity index (χ1) is 8.15. The maximum atomic E-state index is 11.8. The summed E-state index contributed by atoms with van der Waals surface area (Å²) < 4.78 is 0. The van der Waals surface area contributed by atoms with Crippen LogP contribution in [0.4, 0.5) is 0 Å². The first-order valence-corrected chi connectivity index (χ1v) is 5.25. The van der Waals surface area contributed by atoms with Gasteiger partial charge in [0.15, 0.2) is 5.78 Å². The second-order valence-electron chi connectivity index (χ2n) is 3.78. The van der Waals surface area contributed by atoms with Crippen molar-refractivity contribution in [3.05, 3.63) is 59.7 Å². The number of allylic oxidation sites excluding steroid dienone is 4. The number of carbonyl (C=O) groups is 2. The number of aryl methyl sites for hydroxylation is 1. The molecule has 17 heavy (non-hydrogen) atoms. The van der Waals surface area contributed by atoms with Crippen LogP contribution in [0.3, 0.4) is 0 Å². The molecule has 0 saturated heterocycles. The van der Waals surface area contributed by atoms with E-state index in [1.807, 2.05) is 19.1 Å². The van der Waals surface area contributed by atoms with E-state index in [1.54, 1.807) is 12.1 Å². The van der Waals surface area contributed by atoms with Crippen LogP contribution in [0, 0.1) is 6.92 Å². The van der Waals surface area contributed by atoms with Crippen molar-refractivity contribution in [2.75, 3.05) is 0 Å². The van der Waals surface area contributed by atoms with Crippen LogP contribution in [0.25, 0.3) is 0 Å². The molecule has 0 atom stereocenters. The van der Waals surface area contributed by atoms with Crippen LogP contribution in [0.15, 0.2) is 53.6 Å². The predicted octanol–water partition coefficient (Wildman–Crippen LogP) is 2.27. The molecule has 1 aliphatic rings. The average Bonchev–Trinajstić information content (AvgIpc) is 2.33. The Balaban J connectivity index is 2.20. The van der Waals surface area contributed by atoms with Crippen molar-refractivity contribution in [1.82, 2.24) is 0 Å². The molecule has 1 amide bonds. The molecule has 3 nitrogen and oxygen atoms in total. The van der Waals surface area contributed by atoms with Crippen molar-refractivity contribution in [1.29, 1.82) is 0 Å². The Morgan fingerprint density at radius 3 is 2.18 bits per heavy atom. The van der Waals surface area contributed by atoms with Crippen molar-refractivity contribution >= 4 is 17.4 Å². The van der Waals surface area contributed by atoms with Crippen LogP contribution >= 0.6 is 0 Å². The van der Waals surface area contributed by atoms with Crippen molar-refractivity contribution in [2.24, 2.45) is 4.99 Å². The smallest absolute Gasteiger partial charge is 0.277 e. The summed E-state index contributed by atoms with van der Waals surface area (Å²) in [7, 11) is 0. The monoisotopic (exact) mass is 225 g/mol. The fourth-order valence-corrected chi connectivity index (χ4v) is 1.40. The summed E-state index contributed by atoms with van der Waals surface area (Å²) in [5.74, 6) is -0.393. The zero-order valence-corrected chi connectivity index (χ0v) is 9.38. The van der Waals surface area contributed by atoms with Crippen molar-refractivity contribution in [3.8, 4) is 0 Å². The molecule has 1 aliphatic carbocycles. The molecule has 3 heteroatoms. The highest BCUT2D eigenvalue weighted by Crippen LogP contribution is 2.06. The van der Waals surface area contributed by atoms with E-state index in [2.05, 4.69) is 4.99 Å². The Morgan fingerprint density at radius 1 is 1.00 bits per heavy atom. The molecule has 2 rings (SSSR count). The summed E-state index contributed by atoms with van der Waals surface area (Å²) in [5, 5.41) is 0. The largest absolute Gasteiger partial charge is 0.290 e. The second kappa shape index (κ2) is 4.70. The van der Waals surface area contributed by atoms with Gasteiger partial charge in [0.1, 0.15) is 0 Å². The third-order valence-corrected chi connectivity index (χ3v) is 2.37. The Bertz CT molecular complexity index is 530. The molecule has 0 spiro atoms. The van der Waals surface area contributed by atoms with Gasteiger partial charge in [-0.15, -0.1) is 0 Å². The van der Waals surface area contributed by atoms with E-state index in [4.69, 9.17) is 0 Å². The van der Waals surface area contributed by atoms with Gasteiger partial charge in [-0.2, -0.15) is 0 Å². The van der Waals surface area contributed by atoms with Gasteiger partial charge in [0.2, 0.25) is 0 Å². The zero-order valence-electron chi connectivity index (χ0n) is 9.38. The molecule has 0 bridgehead atoms. The number of hydrogen-bond donors (Lipinski definition) is 0. The van der Waals surface area contributed by atoms with Crippen molar-refractivity contribution in [3.63, 3.8) is 0 Å². The number of nitrogens with zero attached hydrogens (tertiary/aromatic N) is 1. The Hall–Kier alpha value is -2.29. The van der Waals surface area contributed by atoms with E-state index in [0.717, 1.165) is 5.56 Å². The molecule has 1 aromatic rings. The fourth-order valence-electron chi connectivity index (χ4n) is 1.40. The maximum Gasteiger partial charge on any atom is 0.277 e. The molecule has 0 N–H and O–H groups in total. The van der Waals surface area contributed by atoms with Gasteiger partial charge >= 0.3 is 0 Å². The first kappa shape index (κ1) is 11.2. The molecule has 0 unspecified atom stereocenters. The van der Waals surface area contributed by atoms with Gasteiger partial charge in [0.25, 0.3) is 5.91 Å². The number of amides is 1. The topological polar surface area (TPSA) is 46.5 Å². The number of hydrogen-bond acceptors (Lipinski definition) is 2. The van der Waals surface area contributed by atoms with Gasteiger partial charge in [0.05, 0.1) is 5.71 Å². The molecule has 0 radical (unpaired) electrons. The Morgan fingerprint density at radius 2 is 1.59 bits per heavy atom. The highest BCUT2D eigenvalue weighted by molar-refractivity contribution is 6.20.